The molecule has 1 heterocycles. The second-order valence-electron chi connectivity index (χ2n) is 3.23. The van der Waals surface area contributed by atoms with Crippen molar-refractivity contribution in [3.05, 3.63) is 29.8 Å². The summed E-state index contributed by atoms with van der Waals surface area (Å²) < 4.78 is 48.4. The highest BCUT2D eigenvalue weighted by Crippen LogP contribution is 2.22. The van der Waals surface area contributed by atoms with E-state index in [1.807, 2.05) is 0 Å². The van der Waals surface area contributed by atoms with Crippen molar-refractivity contribution in [1.29, 1.82) is 0 Å². The van der Waals surface area contributed by atoms with Crippen molar-refractivity contribution in [3.63, 3.8) is 0 Å². The van der Waals surface area contributed by atoms with Crippen LogP contribution in [0.2, 0.25) is 0 Å². The van der Waals surface area contributed by atoms with E-state index < -0.39 is 29.9 Å². The number of alkyl halides is 3. The van der Waals surface area contributed by atoms with E-state index in [9.17, 15) is 22.4 Å². The number of carbonyl (C=O) groups excluding carboxylic acids is 1. The molecule has 1 rings (SSSR count). The van der Waals surface area contributed by atoms with Crippen LogP contribution < -0.4 is 0 Å². The van der Waals surface area contributed by atoms with Crippen LogP contribution in [-0.4, -0.2) is 16.9 Å². The molecular weight excluding hydrogens is 226 g/mol. The van der Waals surface area contributed by atoms with Crippen LogP contribution in [0.3, 0.4) is 0 Å². The zero-order chi connectivity index (χ0) is 12.2. The monoisotopic (exact) mass is 235 g/mol. The Kier molecular flexibility index (Phi) is 3.98. The average Bonchev–Trinajstić information content (AvgIpc) is 2.16. The summed E-state index contributed by atoms with van der Waals surface area (Å²) in [5.74, 6) is -1.51. The molecule has 0 fully saturated rings. The van der Waals surface area contributed by atoms with Crippen LogP contribution in [0, 0.1) is 5.82 Å². The summed E-state index contributed by atoms with van der Waals surface area (Å²) in [6.07, 6.45) is -4.82. The van der Waals surface area contributed by atoms with Crippen molar-refractivity contribution in [2.24, 2.45) is 0 Å². The zero-order valence-electron chi connectivity index (χ0n) is 8.22. The number of halogens is 4. The maximum Gasteiger partial charge on any atom is 0.389 e. The molecule has 1 aromatic rings. The van der Waals surface area contributed by atoms with Crippen LogP contribution >= 0.6 is 0 Å². The molecule has 0 unspecified atom stereocenters. The molecule has 0 N–H and O–H groups in total. The van der Waals surface area contributed by atoms with Crippen molar-refractivity contribution in [2.45, 2.75) is 25.4 Å². The summed E-state index contributed by atoms with van der Waals surface area (Å²) in [5, 5.41) is 0. The van der Waals surface area contributed by atoms with Crippen LogP contribution in [0.1, 0.15) is 29.8 Å². The first-order chi connectivity index (χ1) is 7.40. The number of pyridine rings is 1. The number of nitrogens with zero attached hydrogens (tertiary/aromatic N) is 1. The van der Waals surface area contributed by atoms with Crippen molar-refractivity contribution in [2.75, 3.05) is 0 Å². The van der Waals surface area contributed by atoms with E-state index in [0.717, 1.165) is 6.07 Å². The van der Waals surface area contributed by atoms with Crippen LogP contribution in [0.5, 0.6) is 0 Å². The minimum absolute atomic E-state index is 0.349. The van der Waals surface area contributed by atoms with Gasteiger partial charge in [0.2, 0.25) is 0 Å². The van der Waals surface area contributed by atoms with E-state index in [2.05, 4.69) is 4.98 Å². The molecule has 0 aliphatic heterocycles. The molecule has 0 saturated heterocycles. The fraction of sp³-hybridized carbons (Fsp3) is 0.400. The lowest BCUT2D eigenvalue weighted by Gasteiger charge is -2.05. The molecule has 1 aromatic heterocycles. The second-order valence-corrected chi connectivity index (χ2v) is 3.23. The van der Waals surface area contributed by atoms with Gasteiger partial charge in [-0.15, -0.1) is 0 Å². The standard InChI is InChI=1S/C10H9F4NO/c11-7-3-2-6-15-9(7)8(16)4-1-5-10(12,13)14/h2-3,6H,1,4-5H2. The van der Waals surface area contributed by atoms with Crippen LogP contribution in [0.15, 0.2) is 18.3 Å². The van der Waals surface area contributed by atoms with Gasteiger partial charge in [-0.25, -0.2) is 4.39 Å². The summed E-state index contributed by atoms with van der Waals surface area (Å²) in [4.78, 5) is 14.8. The third-order valence-electron chi connectivity index (χ3n) is 1.89. The highest BCUT2D eigenvalue weighted by atomic mass is 19.4. The SMILES string of the molecule is O=C(CCCC(F)(F)F)c1ncccc1F. The van der Waals surface area contributed by atoms with Crippen LogP contribution in [-0.2, 0) is 0 Å². The first kappa shape index (κ1) is 12.6. The van der Waals surface area contributed by atoms with Gasteiger partial charge in [0.05, 0.1) is 0 Å². The molecule has 0 amide bonds. The Morgan fingerprint density at radius 3 is 2.62 bits per heavy atom. The summed E-state index contributed by atoms with van der Waals surface area (Å²) in [5.41, 5.74) is -0.398. The second kappa shape index (κ2) is 5.05. The molecule has 0 aliphatic rings. The van der Waals surface area contributed by atoms with Gasteiger partial charge in [0.1, 0.15) is 5.69 Å². The molecule has 0 aliphatic carbocycles. The normalized spacial score (nSPS) is 11.5. The lowest BCUT2D eigenvalue weighted by Crippen LogP contribution is -2.10. The van der Waals surface area contributed by atoms with Crippen LogP contribution in [0.25, 0.3) is 0 Å². The Bertz CT molecular complexity index is 375. The molecule has 16 heavy (non-hydrogen) atoms. The Balaban J connectivity index is 2.51. The number of carbonyl (C=O) groups is 1. The van der Waals surface area contributed by atoms with E-state index in [-0.39, 0.29) is 12.8 Å². The Hall–Kier alpha value is -1.46. The third-order valence-corrected chi connectivity index (χ3v) is 1.89. The smallest absolute Gasteiger partial charge is 0.292 e. The average molecular weight is 235 g/mol. The molecule has 2 nitrogen and oxygen atoms in total. The van der Waals surface area contributed by atoms with Gasteiger partial charge in [-0.05, 0) is 18.6 Å². The molecule has 0 bridgehead atoms. The molecule has 6 heteroatoms. The predicted octanol–water partition coefficient (Wildman–Crippen LogP) is 3.14. The van der Waals surface area contributed by atoms with Crippen molar-refractivity contribution in [1.82, 2.24) is 4.98 Å². The third kappa shape index (κ3) is 3.96. The first-order valence-electron chi connectivity index (χ1n) is 4.60. The fourth-order valence-electron chi connectivity index (χ4n) is 1.16. The van der Waals surface area contributed by atoms with Gasteiger partial charge in [-0.1, -0.05) is 0 Å². The topological polar surface area (TPSA) is 30.0 Å². The largest absolute Gasteiger partial charge is 0.389 e. The van der Waals surface area contributed by atoms with Gasteiger partial charge in [-0.3, -0.25) is 9.78 Å². The Morgan fingerprint density at radius 2 is 2.06 bits per heavy atom. The number of hydrogen-bond donors (Lipinski definition) is 0. The van der Waals surface area contributed by atoms with Gasteiger partial charge in [-0.2, -0.15) is 13.2 Å². The minimum atomic E-state index is -4.29. The summed E-state index contributed by atoms with van der Waals surface area (Å²) >= 11 is 0. The minimum Gasteiger partial charge on any atom is -0.292 e. The molecule has 0 aromatic carbocycles. The van der Waals surface area contributed by atoms with Crippen LogP contribution in [0.4, 0.5) is 17.6 Å². The van der Waals surface area contributed by atoms with Gasteiger partial charge >= 0.3 is 6.18 Å². The summed E-state index contributed by atoms with van der Waals surface area (Å²) in [6, 6.07) is 2.35. The highest BCUT2D eigenvalue weighted by molar-refractivity contribution is 5.94. The van der Waals surface area contributed by atoms with Crippen molar-refractivity contribution in [3.8, 4) is 0 Å². The van der Waals surface area contributed by atoms with Gasteiger partial charge in [0, 0.05) is 19.0 Å². The molecular formula is C10H9F4NO. The number of hydrogen-bond acceptors (Lipinski definition) is 2. The van der Waals surface area contributed by atoms with E-state index in [1.165, 1.54) is 12.3 Å². The molecule has 0 radical (unpaired) electrons. The van der Waals surface area contributed by atoms with Crippen molar-refractivity contribution < 1.29 is 22.4 Å². The summed E-state index contributed by atoms with van der Waals surface area (Å²) in [6.45, 7) is 0. The van der Waals surface area contributed by atoms with E-state index in [1.54, 1.807) is 0 Å². The maximum absolute atomic E-state index is 13.0. The molecule has 0 spiro atoms. The first-order valence-corrected chi connectivity index (χ1v) is 4.60. The van der Waals surface area contributed by atoms with Gasteiger partial charge in [0.15, 0.2) is 11.6 Å². The predicted molar refractivity (Wildman–Crippen MR) is 48.4 cm³/mol. The van der Waals surface area contributed by atoms with Crippen molar-refractivity contribution >= 4 is 5.78 Å². The van der Waals surface area contributed by atoms with E-state index in [0.29, 0.717) is 0 Å². The zero-order valence-corrected chi connectivity index (χ0v) is 8.22. The van der Waals surface area contributed by atoms with E-state index in [4.69, 9.17) is 0 Å². The van der Waals surface area contributed by atoms with E-state index >= 15 is 0 Å². The summed E-state index contributed by atoms with van der Waals surface area (Å²) in [7, 11) is 0. The number of aromatic nitrogens is 1. The lowest BCUT2D eigenvalue weighted by atomic mass is 10.1. The Morgan fingerprint density at radius 1 is 1.38 bits per heavy atom. The van der Waals surface area contributed by atoms with Gasteiger partial charge in [0.25, 0.3) is 0 Å². The molecule has 0 saturated carbocycles. The maximum atomic E-state index is 13.0. The lowest BCUT2D eigenvalue weighted by molar-refractivity contribution is -0.135. The number of ketones is 1. The van der Waals surface area contributed by atoms with Gasteiger partial charge < -0.3 is 0 Å². The molecule has 88 valence electrons. The number of Topliss-reactive ketones (excluding diaryl/α,β-unsaturated/α-hetero) is 1. The fourth-order valence-corrected chi connectivity index (χ4v) is 1.16. The highest BCUT2D eigenvalue weighted by Gasteiger charge is 2.27. The number of rotatable bonds is 4. The Labute approximate surface area is 89.3 Å². The quantitative estimate of drug-likeness (QED) is 0.592. The molecule has 0 atom stereocenters.